The van der Waals surface area contributed by atoms with Crippen LogP contribution >= 0.6 is 11.3 Å². The van der Waals surface area contributed by atoms with Gasteiger partial charge in [-0.3, -0.25) is 0 Å². The van der Waals surface area contributed by atoms with Crippen LogP contribution in [0.15, 0.2) is 158 Å². The zero-order chi connectivity index (χ0) is 35.3. The summed E-state index contributed by atoms with van der Waals surface area (Å²) in [5.74, 6) is 1.97. The summed E-state index contributed by atoms with van der Waals surface area (Å²) < 4.78 is 4.88. The minimum atomic E-state index is -0.102. The van der Waals surface area contributed by atoms with Crippen LogP contribution in [0.2, 0.25) is 0 Å². The zero-order valence-corrected chi connectivity index (χ0v) is 30.0. The molecule has 10 aromatic rings. The molecule has 0 atom stereocenters. The highest BCUT2D eigenvalue weighted by molar-refractivity contribution is 7.25. The molecule has 7 aromatic carbocycles. The molecule has 1 aliphatic carbocycles. The van der Waals surface area contributed by atoms with Gasteiger partial charge in [-0.25, -0.2) is 15.0 Å². The van der Waals surface area contributed by atoms with Crippen LogP contribution < -0.4 is 0 Å². The monoisotopic (exact) mass is 696 g/mol. The summed E-state index contributed by atoms with van der Waals surface area (Å²) in [4.78, 5) is 15.5. The minimum absolute atomic E-state index is 0.102. The topological polar surface area (TPSA) is 43.6 Å². The molecule has 0 fully saturated rings. The number of rotatable bonds is 4. The van der Waals surface area contributed by atoms with Crippen molar-refractivity contribution in [3.05, 3.63) is 169 Å². The van der Waals surface area contributed by atoms with Crippen LogP contribution in [0.4, 0.5) is 0 Å². The van der Waals surface area contributed by atoms with E-state index in [2.05, 4.69) is 158 Å². The van der Waals surface area contributed by atoms with Crippen molar-refractivity contribution in [2.45, 2.75) is 19.3 Å². The summed E-state index contributed by atoms with van der Waals surface area (Å²) in [6, 6.07) is 56.4. The molecule has 0 spiro atoms. The van der Waals surface area contributed by atoms with Gasteiger partial charge in [-0.2, -0.15) is 0 Å². The summed E-state index contributed by atoms with van der Waals surface area (Å²) in [6.45, 7) is 4.69. The summed E-state index contributed by atoms with van der Waals surface area (Å²) in [5.41, 5.74) is 11.6. The Bertz CT molecular complexity index is 3100. The van der Waals surface area contributed by atoms with Gasteiger partial charge in [-0.15, -0.1) is 11.3 Å². The predicted molar refractivity (Wildman–Crippen MR) is 221 cm³/mol. The molecular weight excluding hydrogens is 665 g/mol. The maximum absolute atomic E-state index is 5.25. The molecule has 11 rings (SSSR count). The van der Waals surface area contributed by atoms with Crippen molar-refractivity contribution >= 4 is 53.3 Å². The van der Waals surface area contributed by atoms with Crippen molar-refractivity contribution in [3.63, 3.8) is 0 Å². The van der Waals surface area contributed by atoms with E-state index in [4.69, 9.17) is 15.0 Å². The maximum atomic E-state index is 5.25. The molecular formula is C48H32N4S. The lowest BCUT2D eigenvalue weighted by Crippen LogP contribution is -2.14. The van der Waals surface area contributed by atoms with E-state index in [1.54, 1.807) is 11.3 Å². The van der Waals surface area contributed by atoms with Crippen molar-refractivity contribution in [1.82, 2.24) is 19.5 Å². The van der Waals surface area contributed by atoms with Gasteiger partial charge in [-0.05, 0) is 64.7 Å². The van der Waals surface area contributed by atoms with Gasteiger partial charge in [0.25, 0.3) is 0 Å². The average molecular weight is 697 g/mol. The van der Waals surface area contributed by atoms with E-state index in [1.165, 1.54) is 64.2 Å². The van der Waals surface area contributed by atoms with Crippen LogP contribution in [0.3, 0.4) is 0 Å². The smallest absolute Gasteiger partial charge is 0.164 e. The second-order valence-electron chi connectivity index (χ2n) is 14.4. The van der Waals surface area contributed by atoms with Crippen molar-refractivity contribution in [2.75, 3.05) is 0 Å². The Morgan fingerprint density at radius 2 is 1.11 bits per heavy atom. The second kappa shape index (κ2) is 11.3. The van der Waals surface area contributed by atoms with Crippen LogP contribution in [0.5, 0.6) is 0 Å². The predicted octanol–water partition coefficient (Wildman–Crippen LogP) is 12.6. The molecule has 3 aromatic heterocycles. The summed E-state index contributed by atoms with van der Waals surface area (Å²) in [6.07, 6.45) is 0. The number of thiophene rings is 1. The quantitative estimate of drug-likeness (QED) is 0.184. The van der Waals surface area contributed by atoms with Gasteiger partial charge >= 0.3 is 0 Å². The van der Waals surface area contributed by atoms with Gasteiger partial charge in [-0.1, -0.05) is 129 Å². The normalized spacial score (nSPS) is 13.2. The Morgan fingerprint density at radius 3 is 2.00 bits per heavy atom. The Hall–Kier alpha value is -6.43. The average Bonchev–Trinajstić information content (AvgIpc) is 3.83. The Balaban J connectivity index is 1.13. The van der Waals surface area contributed by atoms with Gasteiger partial charge in [0.2, 0.25) is 0 Å². The minimum Gasteiger partial charge on any atom is -0.309 e. The molecule has 0 unspecified atom stereocenters. The highest BCUT2D eigenvalue weighted by Gasteiger charge is 2.36. The van der Waals surface area contributed by atoms with E-state index >= 15 is 0 Å². The maximum Gasteiger partial charge on any atom is 0.164 e. The SMILES string of the molecule is CC1(C)c2ccccc2-c2cc3c4ccccc4n(-c4cccc(-c5nc(-c6ccccc6)nc(-c6cccc7sc8ccccc8c67)n5)c4)c3cc21. The van der Waals surface area contributed by atoms with Crippen LogP contribution in [-0.2, 0) is 5.41 Å². The first-order chi connectivity index (χ1) is 26.0. The fraction of sp³-hybridized carbons (Fsp3) is 0.0625. The highest BCUT2D eigenvalue weighted by atomic mass is 32.1. The largest absolute Gasteiger partial charge is 0.309 e. The first-order valence-electron chi connectivity index (χ1n) is 18.0. The van der Waals surface area contributed by atoms with Crippen molar-refractivity contribution in [3.8, 4) is 51.0 Å². The number of aromatic nitrogens is 4. The Morgan fingerprint density at radius 1 is 0.453 bits per heavy atom. The molecule has 53 heavy (non-hydrogen) atoms. The third-order valence-corrected chi connectivity index (χ3v) is 12.2. The standard InChI is InChI=1S/C48H32N4S/c1-48(2)38-22-9-6-18-32(38)36-27-37-33-19-7-10-23-40(33)52(41(37)28-39(36)48)31-17-12-16-30(26-31)46-49-45(29-14-4-3-5-15-29)50-47(51-46)35-21-13-25-43-44(35)34-20-8-11-24-42(34)53-43/h3-28H,1-2H3. The molecule has 0 saturated carbocycles. The molecule has 0 aliphatic heterocycles. The molecule has 0 saturated heterocycles. The van der Waals surface area contributed by atoms with E-state index in [0.717, 1.165) is 22.4 Å². The molecule has 0 bridgehead atoms. The summed E-state index contributed by atoms with van der Waals surface area (Å²) in [5, 5.41) is 4.89. The van der Waals surface area contributed by atoms with Crippen LogP contribution in [0, 0.1) is 0 Å². The van der Waals surface area contributed by atoms with E-state index < -0.39 is 0 Å². The van der Waals surface area contributed by atoms with Gasteiger partial charge in [0.05, 0.1) is 11.0 Å². The molecule has 0 radical (unpaired) electrons. The van der Waals surface area contributed by atoms with Gasteiger partial charge in [0, 0.05) is 58.7 Å². The molecule has 5 heteroatoms. The van der Waals surface area contributed by atoms with E-state index in [9.17, 15) is 0 Å². The first kappa shape index (κ1) is 30.2. The lowest BCUT2D eigenvalue weighted by molar-refractivity contribution is 0.661. The molecule has 1 aliphatic rings. The van der Waals surface area contributed by atoms with Crippen LogP contribution in [0.1, 0.15) is 25.0 Å². The van der Waals surface area contributed by atoms with E-state index in [-0.39, 0.29) is 5.41 Å². The van der Waals surface area contributed by atoms with Crippen molar-refractivity contribution < 1.29 is 0 Å². The van der Waals surface area contributed by atoms with E-state index in [0.29, 0.717) is 17.5 Å². The van der Waals surface area contributed by atoms with Crippen LogP contribution in [0.25, 0.3) is 93.0 Å². The molecule has 0 N–H and O–H groups in total. The van der Waals surface area contributed by atoms with Crippen LogP contribution in [-0.4, -0.2) is 19.5 Å². The fourth-order valence-corrected chi connectivity index (χ4v) is 9.66. The van der Waals surface area contributed by atoms with Gasteiger partial charge in [0.15, 0.2) is 17.5 Å². The Kier molecular flexibility index (Phi) is 6.43. The molecule has 250 valence electrons. The second-order valence-corrected chi connectivity index (χ2v) is 15.5. The molecule has 0 amide bonds. The number of fused-ring (bicyclic) bond motifs is 9. The number of benzene rings is 7. The fourth-order valence-electron chi connectivity index (χ4n) is 8.53. The highest BCUT2D eigenvalue weighted by Crippen LogP contribution is 2.51. The molecule has 4 nitrogen and oxygen atoms in total. The number of para-hydroxylation sites is 1. The van der Waals surface area contributed by atoms with Gasteiger partial charge in [0.1, 0.15) is 0 Å². The third kappa shape index (κ3) is 4.51. The first-order valence-corrected chi connectivity index (χ1v) is 18.9. The number of nitrogens with zero attached hydrogens (tertiary/aromatic N) is 4. The third-order valence-electron chi connectivity index (χ3n) is 11.0. The Labute approximate surface area is 310 Å². The number of hydrogen-bond donors (Lipinski definition) is 0. The summed E-state index contributed by atoms with van der Waals surface area (Å²) in [7, 11) is 0. The lowest BCUT2D eigenvalue weighted by atomic mass is 9.82. The molecule has 3 heterocycles. The van der Waals surface area contributed by atoms with Crippen molar-refractivity contribution in [1.29, 1.82) is 0 Å². The van der Waals surface area contributed by atoms with Gasteiger partial charge < -0.3 is 4.57 Å². The number of hydrogen-bond acceptors (Lipinski definition) is 4. The lowest BCUT2D eigenvalue weighted by Gasteiger charge is -2.21. The summed E-state index contributed by atoms with van der Waals surface area (Å²) >= 11 is 1.80. The van der Waals surface area contributed by atoms with Crippen molar-refractivity contribution in [2.24, 2.45) is 0 Å². The van der Waals surface area contributed by atoms with E-state index in [1.807, 2.05) is 18.2 Å². The zero-order valence-electron chi connectivity index (χ0n) is 29.2.